The highest BCUT2D eigenvalue weighted by molar-refractivity contribution is 9.12. The van der Waals surface area contributed by atoms with Crippen molar-refractivity contribution in [3.63, 3.8) is 0 Å². The van der Waals surface area contributed by atoms with Crippen molar-refractivity contribution < 1.29 is 4.79 Å². The summed E-state index contributed by atoms with van der Waals surface area (Å²) in [5, 5.41) is 2.90. The van der Waals surface area contributed by atoms with Crippen molar-refractivity contribution in [1.82, 2.24) is 5.32 Å². The van der Waals surface area contributed by atoms with Gasteiger partial charge in [-0.2, -0.15) is 0 Å². The molecule has 0 radical (unpaired) electrons. The van der Waals surface area contributed by atoms with Crippen LogP contribution < -0.4 is 5.32 Å². The number of alkyl halides is 1. The molecule has 90 valence electrons. The minimum absolute atomic E-state index is 0.0461. The van der Waals surface area contributed by atoms with Gasteiger partial charge in [0.1, 0.15) is 0 Å². The predicted molar refractivity (Wildman–Crippen MR) is 76.6 cm³/mol. The van der Waals surface area contributed by atoms with E-state index in [1.807, 2.05) is 6.07 Å². The molecule has 6 heteroatoms. The van der Waals surface area contributed by atoms with Gasteiger partial charge in [0.2, 0.25) is 0 Å². The Balaban J connectivity index is 2.50. The first kappa shape index (κ1) is 14.5. The zero-order chi connectivity index (χ0) is 12.1. The smallest absolute Gasteiger partial charge is 0.253 e. The lowest BCUT2D eigenvalue weighted by molar-refractivity contribution is 0.0947. The number of carbonyl (C=O) groups is 1. The summed E-state index contributed by atoms with van der Waals surface area (Å²) in [5.41, 5.74) is 0.676. The number of nitrogens with one attached hydrogen (secondary N) is 1. The highest BCUT2D eigenvalue weighted by Gasteiger charge is 2.13. The molecule has 16 heavy (non-hydrogen) atoms. The van der Waals surface area contributed by atoms with Crippen LogP contribution in [-0.4, -0.2) is 18.3 Å². The molecule has 0 saturated carbocycles. The zero-order valence-electron chi connectivity index (χ0n) is 8.73. The van der Waals surface area contributed by atoms with E-state index in [2.05, 4.69) is 44.1 Å². The van der Waals surface area contributed by atoms with Crippen LogP contribution in [0.25, 0.3) is 0 Å². The molecule has 1 amide bonds. The number of carbonyl (C=O) groups excluding carboxylic acids is 1. The van der Waals surface area contributed by atoms with E-state index >= 15 is 0 Å². The predicted octanol–water partition coefficient (Wildman–Crippen LogP) is 4.27. The molecule has 1 heterocycles. The molecular weight excluding hydrogens is 377 g/mol. The van der Waals surface area contributed by atoms with Gasteiger partial charge in [-0.1, -0.05) is 6.92 Å². The second kappa shape index (κ2) is 6.99. The topological polar surface area (TPSA) is 29.1 Å². The van der Waals surface area contributed by atoms with Gasteiger partial charge in [-0.15, -0.1) is 22.9 Å². The molecule has 0 aromatic carbocycles. The first-order valence-corrected chi connectivity index (χ1v) is 7.77. The first-order chi connectivity index (χ1) is 7.54. The first-order valence-electron chi connectivity index (χ1n) is 4.83. The largest absolute Gasteiger partial charge is 0.352 e. The SMILES string of the molecule is CC(CCCl)CNC(=O)c1cc(Br)sc1Br. The summed E-state index contributed by atoms with van der Waals surface area (Å²) in [6, 6.07) is 1.82. The third-order valence-electron chi connectivity index (χ3n) is 2.11. The molecule has 0 spiro atoms. The van der Waals surface area contributed by atoms with Gasteiger partial charge in [0.25, 0.3) is 5.91 Å². The van der Waals surface area contributed by atoms with Crippen LogP contribution in [-0.2, 0) is 0 Å². The van der Waals surface area contributed by atoms with Crippen molar-refractivity contribution in [2.45, 2.75) is 13.3 Å². The number of halogens is 3. The van der Waals surface area contributed by atoms with E-state index in [0.29, 0.717) is 23.9 Å². The Morgan fingerprint density at radius 1 is 1.62 bits per heavy atom. The van der Waals surface area contributed by atoms with Crippen molar-refractivity contribution >= 4 is 60.7 Å². The number of hydrogen-bond donors (Lipinski definition) is 1. The molecule has 0 aliphatic carbocycles. The van der Waals surface area contributed by atoms with Gasteiger partial charge in [0.05, 0.1) is 13.1 Å². The normalized spacial score (nSPS) is 12.5. The molecule has 1 rings (SSSR count). The van der Waals surface area contributed by atoms with Crippen LogP contribution >= 0.6 is 54.8 Å². The Morgan fingerprint density at radius 3 is 2.81 bits per heavy atom. The maximum absolute atomic E-state index is 11.8. The summed E-state index contributed by atoms with van der Waals surface area (Å²) in [6.07, 6.45) is 0.913. The Morgan fingerprint density at radius 2 is 2.31 bits per heavy atom. The van der Waals surface area contributed by atoms with Gasteiger partial charge in [0, 0.05) is 12.4 Å². The Kier molecular flexibility index (Phi) is 6.32. The van der Waals surface area contributed by atoms with Gasteiger partial charge in [-0.3, -0.25) is 4.79 Å². The lowest BCUT2D eigenvalue weighted by Crippen LogP contribution is -2.28. The fourth-order valence-corrected chi connectivity index (χ4v) is 4.31. The number of thiophene rings is 1. The third-order valence-corrected chi connectivity index (χ3v) is 4.67. The molecule has 1 N–H and O–H groups in total. The second-order valence-electron chi connectivity index (χ2n) is 3.53. The number of hydrogen-bond acceptors (Lipinski definition) is 2. The molecule has 0 aliphatic rings. The van der Waals surface area contributed by atoms with Gasteiger partial charge >= 0.3 is 0 Å². The second-order valence-corrected chi connectivity index (χ2v) is 7.66. The average Bonchev–Trinajstić information content (AvgIpc) is 2.55. The van der Waals surface area contributed by atoms with E-state index < -0.39 is 0 Å². The van der Waals surface area contributed by atoms with Crippen molar-refractivity contribution in [3.8, 4) is 0 Å². The van der Waals surface area contributed by atoms with Gasteiger partial charge < -0.3 is 5.32 Å². The van der Waals surface area contributed by atoms with Crippen LogP contribution in [0.3, 0.4) is 0 Å². The summed E-state index contributed by atoms with van der Waals surface area (Å²) in [4.78, 5) is 11.8. The molecule has 1 unspecified atom stereocenters. The van der Waals surface area contributed by atoms with E-state index in [9.17, 15) is 4.79 Å². The van der Waals surface area contributed by atoms with Crippen LogP contribution in [0.15, 0.2) is 13.6 Å². The molecular formula is C10H12Br2ClNOS. The summed E-state index contributed by atoms with van der Waals surface area (Å²) in [5.74, 6) is 0.989. The Bertz CT molecular complexity index is 370. The summed E-state index contributed by atoms with van der Waals surface area (Å²) >= 11 is 13.8. The zero-order valence-corrected chi connectivity index (χ0v) is 13.5. The maximum atomic E-state index is 11.8. The van der Waals surface area contributed by atoms with Crippen LogP contribution in [0.1, 0.15) is 23.7 Å². The standard InChI is InChI=1S/C10H12Br2ClNOS/c1-6(2-3-13)5-14-10(15)7-4-8(11)16-9(7)12/h4,6H,2-3,5H2,1H3,(H,14,15). The highest BCUT2D eigenvalue weighted by atomic mass is 79.9. The monoisotopic (exact) mass is 387 g/mol. The van der Waals surface area contributed by atoms with E-state index in [-0.39, 0.29) is 5.91 Å². The number of amides is 1. The maximum Gasteiger partial charge on any atom is 0.253 e. The van der Waals surface area contributed by atoms with E-state index in [1.54, 1.807) is 0 Å². The molecule has 0 bridgehead atoms. The van der Waals surface area contributed by atoms with Crippen LogP contribution in [0.5, 0.6) is 0 Å². The molecule has 0 saturated heterocycles. The van der Waals surface area contributed by atoms with Crippen molar-refractivity contribution in [1.29, 1.82) is 0 Å². The van der Waals surface area contributed by atoms with Crippen LogP contribution in [0.2, 0.25) is 0 Å². The van der Waals surface area contributed by atoms with Crippen molar-refractivity contribution in [2.24, 2.45) is 5.92 Å². The molecule has 1 aromatic heterocycles. The summed E-state index contributed by atoms with van der Waals surface area (Å²) < 4.78 is 1.79. The van der Waals surface area contributed by atoms with Crippen molar-refractivity contribution in [3.05, 3.63) is 19.2 Å². The van der Waals surface area contributed by atoms with Gasteiger partial charge in [-0.05, 0) is 50.3 Å². The quantitative estimate of drug-likeness (QED) is 0.749. The summed E-state index contributed by atoms with van der Waals surface area (Å²) in [7, 11) is 0. The Labute approximate surface area is 121 Å². The number of rotatable bonds is 5. The minimum atomic E-state index is -0.0461. The summed E-state index contributed by atoms with van der Waals surface area (Å²) in [6.45, 7) is 2.73. The molecule has 1 atom stereocenters. The third kappa shape index (κ3) is 4.35. The van der Waals surface area contributed by atoms with E-state index in [0.717, 1.165) is 14.0 Å². The average molecular weight is 390 g/mol. The van der Waals surface area contributed by atoms with E-state index in [1.165, 1.54) is 11.3 Å². The molecule has 0 fully saturated rings. The minimum Gasteiger partial charge on any atom is -0.352 e. The van der Waals surface area contributed by atoms with Gasteiger partial charge in [0.15, 0.2) is 0 Å². The molecule has 0 aliphatic heterocycles. The fraction of sp³-hybridized carbons (Fsp3) is 0.500. The van der Waals surface area contributed by atoms with Crippen LogP contribution in [0.4, 0.5) is 0 Å². The highest BCUT2D eigenvalue weighted by Crippen LogP contribution is 2.31. The van der Waals surface area contributed by atoms with E-state index in [4.69, 9.17) is 11.6 Å². The lowest BCUT2D eigenvalue weighted by atomic mass is 10.1. The fourth-order valence-electron chi connectivity index (χ4n) is 1.15. The lowest BCUT2D eigenvalue weighted by Gasteiger charge is -2.10. The molecule has 2 nitrogen and oxygen atoms in total. The van der Waals surface area contributed by atoms with Gasteiger partial charge in [-0.25, -0.2) is 0 Å². The Hall–Kier alpha value is 0.420. The molecule has 1 aromatic rings. The van der Waals surface area contributed by atoms with Crippen molar-refractivity contribution in [2.75, 3.05) is 12.4 Å². The van der Waals surface area contributed by atoms with Crippen LogP contribution in [0, 0.1) is 5.92 Å².